The van der Waals surface area contributed by atoms with Crippen molar-refractivity contribution in [3.05, 3.63) is 11.6 Å². The molecule has 0 spiro atoms. The maximum atomic E-state index is 2.21. The minimum absolute atomic E-state index is 0. The zero-order valence-corrected chi connectivity index (χ0v) is 5.78. The molecule has 0 aliphatic heterocycles. The van der Waals surface area contributed by atoms with Crippen molar-refractivity contribution in [1.29, 1.82) is 0 Å². The fraction of sp³-hybridized carbons (Fsp3) is 0.500. The Morgan fingerprint density at radius 2 is 2.20 bits per heavy atom. The topological polar surface area (TPSA) is 0 Å². The number of hydrogen-bond donors (Lipinski definition) is 0. The molecule has 0 aromatic heterocycles. The molecule has 1 heteroatoms. The van der Waals surface area contributed by atoms with Gasteiger partial charge in [0.1, 0.15) is 0 Å². The minimum Gasteiger partial charge on any atom is -1.00 e. The minimum atomic E-state index is 0. The van der Waals surface area contributed by atoms with E-state index in [0.717, 1.165) is 0 Å². The van der Waals surface area contributed by atoms with Gasteiger partial charge in [0.2, 0.25) is 0 Å². The Labute approximate surface area is 56.0 Å². The van der Waals surface area contributed by atoms with Crippen molar-refractivity contribution in [3.8, 4) is 0 Å². The van der Waals surface area contributed by atoms with Gasteiger partial charge >= 0.3 is 29.6 Å². The molecular formula is C4H7Na. The second kappa shape index (κ2) is 2.01. The van der Waals surface area contributed by atoms with Gasteiger partial charge in [0.15, 0.2) is 0 Å². The summed E-state index contributed by atoms with van der Waals surface area (Å²) in [6, 6.07) is 0. The van der Waals surface area contributed by atoms with Gasteiger partial charge in [-0.1, -0.05) is 11.6 Å². The van der Waals surface area contributed by atoms with Gasteiger partial charge in [-0.05, 0) is 13.3 Å². The second-order valence-electron chi connectivity index (χ2n) is 1.25. The molecule has 0 bridgehead atoms. The van der Waals surface area contributed by atoms with Crippen LogP contribution in [0.1, 0.15) is 14.8 Å². The normalized spacial score (nSPS) is 15.8. The number of hydrogen-bond acceptors (Lipinski definition) is 0. The Morgan fingerprint density at radius 3 is 2.20 bits per heavy atom. The van der Waals surface area contributed by atoms with E-state index in [4.69, 9.17) is 0 Å². The Bertz CT molecular complexity index is 58.6. The van der Waals surface area contributed by atoms with E-state index in [1.54, 1.807) is 5.57 Å². The van der Waals surface area contributed by atoms with Gasteiger partial charge in [0.05, 0.1) is 0 Å². The van der Waals surface area contributed by atoms with Crippen LogP contribution in [0.15, 0.2) is 11.6 Å². The van der Waals surface area contributed by atoms with E-state index in [1.807, 2.05) is 0 Å². The van der Waals surface area contributed by atoms with Crippen LogP contribution in [-0.4, -0.2) is 0 Å². The summed E-state index contributed by atoms with van der Waals surface area (Å²) in [7, 11) is 0. The van der Waals surface area contributed by atoms with Crippen molar-refractivity contribution in [1.82, 2.24) is 0 Å². The third-order valence-electron chi connectivity index (χ3n) is 0.612. The van der Waals surface area contributed by atoms with Crippen LogP contribution in [0.2, 0.25) is 0 Å². The zero-order valence-electron chi connectivity index (χ0n) is 4.78. The van der Waals surface area contributed by atoms with E-state index < -0.39 is 0 Å². The first kappa shape index (κ1) is 5.74. The molecule has 1 aliphatic carbocycles. The van der Waals surface area contributed by atoms with Crippen molar-refractivity contribution >= 4 is 0 Å². The van der Waals surface area contributed by atoms with Gasteiger partial charge < -0.3 is 1.43 Å². The molecule has 5 heavy (non-hydrogen) atoms. The van der Waals surface area contributed by atoms with Crippen molar-refractivity contribution in [3.63, 3.8) is 0 Å². The fourth-order valence-corrected chi connectivity index (χ4v) is 0.102. The third kappa shape index (κ3) is 2.54. The van der Waals surface area contributed by atoms with E-state index in [1.165, 1.54) is 6.42 Å². The molecule has 1 rings (SSSR count). The quantitative estimate of drug-likeness (QED) is 0.243. The van der Waals surface area contributed by atoms with Gasteiger partial charge in [-0.3, -0.25) is 0 Å². The molecule has 0 heterocycles. The van der Waals surface area contributed by atoms with Gasteiger partial charge in [0.25, 0.3) is 0 Å². The largest absolute Gasteiger partial charge is 1.00 e. The standard InChI is InChI=1S/C4H6.Na.H/c1-4-2-3-4;;/h2H,3H2,1H3;;/q;+1;-1. The van der Waals surface area contributed by atoms with Crippen molar-refractivity contribution in [2.45, 2.75) is 13.3 Å². The molecule has 0 saturated carbocycles. The van der Waals surface area contributed by atoms with Gasteiger partial charge in [0, 0.05) is 0 Å². The molecule has 0 nitrogen and oxygen atoms in total. The van der Waals surface area contributed by atoms with E-state index in [-0.39, 0.29) is 31.0 Å². The predicted molar refractivity (Wildman–Crippen MR) is 19.5 cm³/mol. The fourth-order valence-electron chi connectivity index (χ4n) is 0.102. The summed E-state index contributed by atoms with van der Waals surface area (Å²) in [5, 5.41) is 0. The average molecular weight is 78.1 g/mol. The van der Waals surface area contributed by atoms with Crippen LogP contribution in [-0.2, 0) is 0 Å². The first-order chi connectivity index (χ1) is 1.89. The molecule has 1 aliphatic rings. The summed E-state index contributed by atoms with van der Waals surface area (Å²) < 4.78 is 0. The second-order valence-corrected chi connectivity index (χ2v) is 1.25. The van der Waals surface area contributed by atoms with Crippen LogP contribution < -0.4 is 29.6 Å². The summed E-state index contributed by atoms with van der Waals surface area (Å²) in [5.74, 6) is 0. The van der Waals surface area contributed by atoms with E-state index >= 15 is 0 Å². The smallest absolute Gasteiger partial charge is 1.00 e. The van der Waals surface area contributed by atoms with Gasteiger partial charge in [-0.2, -0.15) is 0 Å². The van der Waals surface area contributed by atoms with Crippen molar-refractivity contribution < 1.29 is 31.0 Å². The first-order valence-electron chi connectivity index (χ1n) is 1.55. The van der Waals surface area contributed by atoms with Gasteiger partial charge in [-0.15, -0.1) is 0 Å². The molecule has 0 amide bonds. The maximum absolute atomic E-state index is 2.21. The van der Waals surface area contributed by atoms with E-state index in [9.17, 15) is 0 Å². The molecule has 0 aromatic rings. The molecule has 0 aromatic carbocycles. The molecule has 0 unspecified atom stereocenters. The number of rotatable bonds is 0. The molecule has 24 valence electrons. The molecule has 0 radical (unpaired) electrons. The van der Waals surface area contributed by atoms with E-state index in [0.29, 0.717) is 0 Å². The average Bonchev–Trinajstić information content (AvgIpc) is 1.75. The molecule has 0 saturated heterocycles. The first-order valence-corrected chi connectivity index (χ1v) is 1.55. The summed E-state index contributed by atoms with van der Waals surface area (Å²) in [6.45, 7) is 2.14. The van der Waals surface area contributed by atoms with Crippen LogP contribution in [0.25, 0.3) is 0 Å². The van der Waals surface area contributed by atoms with E-state index in [2.05, 4.69) is 13.0 Å². The number of allylic oxidation sites excluding steroid dienone is 2. The van der Waals surface area contributed by atoms with Gasteiger partial charge in [-0.25, -0.2) is 0 Å². The Morgan fingerprint density at radius 1 is 2.00 bits per heavy atom. The predicted octanol–water partition coefficient (Wildman–Crippen LogP) is -1.55. The monoisotopic (exact) mass is 78.0 g/mol. The summed E-state index contributed by atoms with van der Waals surface area (Å²) >= 11 is 0. The molecule has 0 N–H and O–H groups in total. The molecule has 0 atom stereocenters. The SMILES string of the molecule is CC1=CC1.[H-].[Na+]. The third-order valence-corrected chi connectivity index (χ3v) is 0.612. The summed E-state index contributed by atoms with van der Waals surface area (Å²) in [4.78, 5) is 0. The van der Waals surface area contributed by atoms with Crippen molar-refractivity contribution in [2.75, 3.05) is 0 Å². The molecular weight excluding hydrogens is 71.0 g/mol. The van der Waals surface area contributed by atoms with Crippen LogP contribution in [0.5, 0.6) is 0 Å². The summed E-state index contributed by atoms with van der Waals surface area (Å²) in [5.41, 5.74) is 1.54. The van der Waals surface area contributed by atoms with Crippen molar-refractivity contribution in [2.24, 2.45) is 0 Å². The Kier molecular flexibility index (Phi) is 2.31. The Balaban J connectivity index is 0. The van der Waals surface area contributed by atoms with Crippen LogP contribution >= 0.6 is 0 Å². The zero-order chi connectivity index (χ0) is 2.99. The van der Waals surface area contributed by atoms with Crippen LogP contribution in [0.4, 0.5) is 0 Å². The Hall–Kier alpha value is 0.740. The van der Waals surface area contributed by atoms with Crippen LogP contribution in [0, 0.1) is 0 Å². The molecule has 0 fully saturated rings. The van der Waals surface area contributed by atoms with Crippen LogP contribution in [0.3, 0.4) is 0 Å². The maximum Gasteiger partial charge on any atom is 1.00 e. The summed E-state index contributed by atoms with van der Waals surface area (Å²) in [6.07, 6.45) is 3.49.